The van der Waals surface area contributed by atoms with E-state index in [-0.39, 0.29) is 0 Å². The monoisotopic (exact) mass is 536 g/mol. The van der Waals surface area contributed by atoms with Gasteiger partial charge in [0, 0.05) is 10.8 Å². The second-order valence-corrected chi connectivity index (χ2v) is 11.3. The second kappa shape index (κ2) is 12.7. The van der Waals surface area contributed by atoms with Crippen molar-refractivity contribution in [3.63, 3.8) is 0 Å². The van der Waals surface area contributed by atoms with Gasteiger partial charge in [-0.15, -0.1) is 0 Å². The Balaban J connectivity index is 2.46. The van der Waals surface area contributed by atoms with Crippen molar-refractivity contribution in [1.29, 1.82) is 0 Å². The molecule has 0 saturated carbocycles. The van der Waals surface area contributed by atoms with E-state index in [4.69, 9.17) is 0 Å². The topological polar surface area (TPSA) is 121 Å². The van der Waals surface area contributed by atoms with E-state index in [1.807, 2.05) is 25.1 Å². The Labute approximate surface area is 232 Å². The number of hydrogen-bond donors (Lipinski definition) is 6. The summed E-state index contributed by atoms with van der Waals surface area (Å²) in [6.07, 6.45) is -1.70. The van der Waals surface area contributed by atoms with E-state index in [1.54, 1.807) is 86.6 Å². The van der Waals surface area contributed by atoms with Crippen LogP contribution in [0.4, 0.5) is 0 Å². The van der Waals surface area contributed by atoms with Gasteiger partial charge >= 0.3 is 0 Å². The summed E-state index contributed by atoms with van der Waals surface area (Å²) in [5.74, 6) is 0. The number of unbranched alkanes of at least 4 members (excludes halogenated alkanes) is 1. The number of hydrogen-bond acceptors (Lipinski definition) is 6. The number of rotatable bonds is 14. The third-order valence-corrected chi connectivity index (χ3v) is 8.78. The van der Waals surface area contributed by atoms with E-state index < -0.39 is 53.9 Å². The van der Waals surface area contributed by atoms with Crippen LogP contribution in [0.5, 0.6) is 0 Å². The summed E-state index contributed by atoms with van der Waals surface area (Å²) in [5, 5.41) is 70.6. The van der Waals surface area contributed by atoms with Crippen LogP contribution in [-0.4, -0.2) is 68.3 Å². The second-order valence-electron chi connectivity index (χ2n) is 11.3. The highest BCUT2D eigenvalue weighted by molar-refractivity contribution is 5.47. The molecule has 3 aromatic rings. The summed E-state index contributed by atoms with van der Waals surface area (Å²) < 4.78 is 0. The van der Waals surface area contributed by atoms with Crippen molar-refractivity contribution in [2.75, 3.05) is 19.8 Å². The Morgan fingerprint density at radius 3 is 1.41 bits per heavy atom. The van der Waals surface area contributed by atoms with Crippen LogP contribution in [0.3, 0.4) is 0 Å². The van der Waals surface area contributed by atoms with Crippen LogP contribution in [0, 0.1) is 5.41 Å². The van der Waals surface area contributed by atoms with Gasteiger partial charge in [-0.1, -0.05) is 125 Å². The molecule has 3 rings (SSSR count). The molecule has 0 fully saturated rings. The van der Waals surface area contributed by atoms with E-state index in [0.29, 0.717) is 29.5 Å². The molecule has 5 atom stereocenters. The molecule has 0 aliphatic rings. The number of aliphatic hydroxyl groups is 6. The first-order chi connectivity index (χ1) is 18.6. The molecule has 0 bridgehead atoms. The van der Waals surface area contributed by atoms with E-state index in [9.17, 15) is 30.6 Å². The van der Waals surface area contributed by atoms with Gasteiger partial charge < -0.3 is 30.6 Å². The van der Waals surface area contributed by atoms with Gasteiger partial charge in [0.1, 0.15) is 5.60 Å². The fourth-order valence-electron chi connectivity index (χ4n) is 6.05. The highest BCUT2D eigenvalue weighted by Gasteiger charge is 2.67. The van der Waals surface area contributed by atoms with E-state index in [1.165, 1.54) is 0 Å². The third kappa shape index (κ3) is 5.30. The maximum Gasteiger partial charge on any atom is 0.134 e. The van der Waals surface area contributed by atoms with Gasteiger partial charge in [0.15, 0.2) is 0 Å². The van der Waals surface area contributed by atoms with Crippen LogP contribution < -0.4 is 0 Å². The summed E-state index contributed by atoms with van der Waals surface area (Å²) in [7, 11) is 0. The summed E-state index contributed by atoms with van der Waals surface area (Å²) >= 11 is 0. The lowest BCUT2D eigenvalue weighted by atomic mass is 9.51. The molecule has 5 unspecified atom stereocenters. The number of aliphatic hydroxyl groups excluding tert-OH is 5. The first-order valence-corrected chi connectivity index (χ1v) is 13.7. The minimum atomic E-state index is -2.50. The number of benzene rings is 3. The van der Waals surface area contributed by atoms with Gasteiger partial charge in [0.2, 0.25) is 0 Å². The smallest absolute Gasteiger partial charge is 0.134 e. The van der Waals surface area contributed by atoms with Crippen LogP contribution in [0.25, 0.3) is 0 Å². The van der Waals surface area contributed by atoms with E-state index in [0.717, 1.165) is 6.42 Å². The Bertz CT molecular complexity index is 1100. The average molecular weight is 537 g/mol. The van der Waals surface area contributed by atoms with Crippen molar-refractivity contribution >= 4 is 0 Å². The first-order valence-electron chi connectivity index (χ1n) is 13.7. The fourth-order valence-corrected chi connectivity index (χ4v) is 6.05. The Hall–Kier alpha value is -2.58. The van der Waals surface area contributed by atoms with Gasteiger partial charge in [0.05, 0.1) is 37.4 Å². The Morgan fingerprint density at radius 2 is 1.05 bits per heavy atom. The van der Waals surface area contributed by atoms with Crippen molar-refractivity contribution < 1.29 is 30.6 Å². The molecule has 0 saturated heterocycles. The van der Waals surface area contributed by atoms with Crippen molar-refractivity contribution in [3.05, 3.63) is 108 Å². The molecule has 39 heavy (non-hydrogen) atoms. The van der Waals surface area contributed by atoms with Crippen LogP contribution in [-0.2, 0) is 10.8 Å². The van der Waals surface area contributed by atoms with Crippen LogP contribution in [0.1, 0.15) is 56.7 Å². The summed E-state index contributed by atoms with van der Waals surface area (Å²) in [6.45, 7) is 3.62. The highest BCUT2D eigenvalue weighted by atomic mass is 16.4. The lowest BCUT2D eigenvalue weighted by molar-refractivity contribution is -0.240. The maximum absolute atomic E-state index is 13.2. The Morgan fingerprint density at radius 1 is 0.615 bits per heavy atom. The highest BCUT2D eigenvalue weighted by Crippen LogP contribution is 2.53. The molecule has 212 valence electrons. The van der Waals surface area contributed by atoms with E-state index in [2.05, 4.69) is 0 Å². The lowest BCUT2D eigenvalue weighted by Gasteiger charge is -2.58. The molecule has 0 heterocycles. The predicted octanol–water partition coefficient (Wildman–Crippen LogP) is 3.56. The maximum atomic E-state index is 13.2. The molecular formula is C33H44O6. The van der Waals surface area contributed by atoms with Crippen molar-refractivity contribution in [2.45, 2.75) is 68.7 Å². The normalized spacial score (nSPS) is 18.4. The van der Waals surface area contributed by atoms with Crippen molar-refractivity contribution in [3.8, 4) is 0 Å². The standard InChI is InChI=1S/C33H44O6/c1-4-5-21-30(2,22-34)28(37)33(39,29(38)31(3,23-35)25-15-9-6-10-16-25)32(24-36,26-17-11-7-12-18-26)27-19-13-8-14-20-27/h6-20,28-29,34-39H,4-5,21-24H2,1-3H3. The molecule has 0 aliphatic carbocycles. The largest absolute Gasteiger partial charge is 0.396 e. The van der Waals surface area contributed by atoms with Gasteiger partial charge in [-0.25, -0.2) is 0 Å². The zero-order valence-electron chi connectivity index (χ0n) is 23.2. The third-order valence-electron chi connectivity index (χ3n) is 8.78. The van der Waals surface area contributed by atoms with Crippen LogP contribution in [0.2, 0.25) is 0 Å². The molecule has 0 spiro atoms. The average Bonchev–Trinajstić information content (AvgIpc) is 3.00. The zero-order chi connectivity index (χ0) is 28.7. The first kappa shape index (κ1) is 31.0. The van der Waals surface area contributed by atoms with Gasteiger partial charge in [-0.3, -0.25) is 0 Å². The minimum Gasteiger partial charge on any atom is -0.396 e. The molecule has 0 aromatic heterocycles. The molecule has 0 aliphatic heterocycles. The van der Waals surface area contributed by atoms with Crippen molar-refractivity contribution in [2.24, 2.45) is 5.41 Å². The SMILES string of the molecule is CCCCC(C)(CO)C(O)C(O)(C(O)C(C)(CO)c1ccccc1)C(CO)(c1ccccc1)c1ccccc1. The van der Waals surface area contributed by atoms with Gasteiger partial charge in [-0.2, -0.15) is 0 Å². The molecule has 6 heteroatoms. The van der Waals surface area contributed by atoms with Gasteiger partial charge in [-0.05, 0) is 23.1 Å². The predicted molar refractivity (Wildman–Crippen MR) is 153 cm³/mol. The summed E-state index contributed by atoms with van der Waals surface area (Å²) in [5.41, 5.74) is -5.44. The quantitative estimate of drug-likeness (QED) is 0.187. The van der Waals surface area contributed by atoms with Crippen LogP contribution in [0.15, 0.2) is 91.0 Å². The molecule has 6 nitrogen and oxygen atoms in total. The lowest BCUT2D eigenvalue weighted by Crippen LogP contribution is -2.74. The molecule has 6 N–H and O–H groups in total. The van der Waals surface area contributed by atoms with Crippen molar-refractivity contribution in [1.82, 2.24) is 0 Å². The molecule has 3 aromatic carbocycles. The van der Waals surface area contributed by atoms with Crippen LogP contribution >= 0.6 is 0 Å². The summed E-state index contributed by atoms with van der Waals surface area (Å²) in [4.78, 5) is 0. The Kier molecular flexibility index (Phi) is 10.1. The molecule has 0 amide bonds. The summed E-state index contributed by atoms with van der Waals surface area (Å²) in [6, 6.07) is 26.5. The fraction of sp³-hybridized carbons (Fsp3) is 0.455. The molecule has 0 radical (unpaired) electrons. The molecular weight excluding hydrogens is 492 g/mol. The minimum absolute atomic E-state index is 0.364. The van der Waals surface area contributed by atoms with E-state index >= 15 is 0 Å². The van der Waals surface area contributed by atoms with Gasteiger partial charge in [0.25, 0.3) is 0 Å². The zero-order valence-corrected chi connectivity index (χ0v) is 23.2.